The summed E-state index contributed by atoms with van der Waals surface area (Å²) in [5.74, 6) is -0.0973. The zero-order valence-corrected chi connectivity index (χ0v) is 14.6. The summed E-state index contributed by atoms with van der Waals surface area (Å²) in [6.45, 7) is 5.43. The largest absolute Gasteiger partial charge is 0.326 e. The predicted octanol–water partition coefficient (Wildman–Crippen LogP) is 3.29. The van der Waals surface area contributed by atoms with E-state index in [0.29, 0.717) is 0 Å². The Morgan fingerprint density at radius 3 is 2.61 bits per heavy atom. The van der Waals surface area contributed by atoms with E-state index < -0.39 is 0 Å². The lowest BCUT2D eigenvalue weighted by atomic mass is 10.1. The molecule has 0 aliphatic heterocycles. The Morgan fingerprint density at radius 1 is 1.30 bits per heavy atom. The Bertz CT molecular complexity index is 703. The first-order chi connectivity index (χ1) is 11.0. The zero-order chi connectivity index (χ0) is 16.8. The highest BCUT2D eigenvalue weighted by Crippen LogP contribution is 2.25. The maximum Gasteiger partial charge on any atom is 0.305 e. The highest BCUT2D eigenvalue weighted by atomic mass is 32.1. The van der Waals surface area contributed by atoms with Gasteiger partial charge >= 0.3 is 4.87 Å². The molecular formula is C17H23N3O2S. The fourth-order valence-electron chi connectivity index (χ4n) is 2.38. The van der Waals surface area contributed by atoms with Crippen molar-refractivity contribution in [2.75, 3.05) is 18.9 Å². The minimum atomic E-state index is -0.0973. The molecule has 1 amide bonds. The molecule has 0 spiro atoms. The second-order valence-corrected chi connectivity index (χ2v) is 6.73. The van der Waals surface area contributed by atoms with Crippen molar-refractivity contribution in [1.29, 1.82) is 0 Å². The van der Waals surface area contributed by atoms with Gasteiger partial charge in [-0.15, -0.1) is 0 Å². The van der Waals surface area contributed by atoms with E-state index in [1.54, 1.807) is 0 Å². The van der Waals surface area contributed by atoms with E-state index in [4.69, 9.17) is 0 Å². The fourth-order valence-corrected chi connectivity index (χ4v) is 3.31. The molecule has 0 fully saturated rings. The van der Waals surface area contributed by atoms with Crippen LogP contribution in [0.25, 0.3) is 11.3 Å². The van der Waals surface area contributed by atoms with Gasteiger partial charge < -0.3 is 15.2 Å². The van der Waals surface area contributed by atoms with Crippen LogP contribution in [0.5, 0.6) is 0 Å². The maximum atomic E-state index is 11.8. The number of carbonyl (C=O) groups is 1. The molecule has 5 nitrogen and oxygen atoms in total. The van der Waals surface area contributed by atoms with E-state index in [0.717, 1.165) is 47.8 Å². The zero-order valence-electron chi connectivity index (χ0n) is 13.8. The third kappa shape index (κ3) is 5.04. The van der Waals surface area contributed by atoms with Crippen LogP contribution in [-0.2, 0) is 11.3 Å². The number of hydrogen-bond donors (Lipinski definition) is 2. The second-order valence-electron chi connectivity index (χ2n) is 5.66. The van der Waals surface area contributed by atoms with Gasteiger partial charge in [-0.25, -0.2) is 0 Å². The highest BCUT2D eigenvalue weighted by Gasteiger charge is 2.12. The maximum absolute atomic E-state index is 11.8. The number of carbonyl (C=O) groups excluding carboxylic acids is 1. The molecule has 0 radical (unpaired) electrons. The van der Waals surface area contributed by atoms with Gasteiger partial charge in [0.05, 0.1) is 5.69 Å². The lowest BCUT2D eigenvalue weighted by Gasteiger charge is -2.15. The number of hydrogen-bond acceptors (Lipinski definition) is 4. The number of anilines is 1. The lowest BCUT2D eigenvalue weighted by molar-refractivity contribution is -0.114. The molecule has 2 N–H and O–H groups in total. The Kier molecular flexibility index (Phi) is 6.12. The van der Waals surface area contributed by atoms with Crippen LogP contribution >= 0.6 is 11.3 Å². The Labute approximate surface area is 140 Å². The molecular weight excluding hydrogens is 310 g/mol. The molecule has 6 heteroatoms. The summed E-state index contributed by atoms with van der Waals surface area (Å²) in [7, 11) is 2.07. The molecule has 124 valence electrons. The van der Waals surface area contributed by atoms with Crippen LogP contribution < -0.4 is 10.2 Å². The molecule has 0 aliphatic carbocycles. The van der Waals surface area contributed by atoms with E-state index in [1.807, 2.05) is 24.3 Å². The molecule has 0 saturated heterocycles. The topological polar surface area (TPSA) is 65.2 Å². The van der Waals surface area contributed by atoms with Gasteiger partial charge in [-0.2, -0.15) is 0 Å². The number of aromatic amines is 1. The highest BCUT2D eigenvalue weighted by molar-refractivity contribution is 7.09. The monoisotopic (exact) mass is 333 g/mol. The van der Waals surface area contributed by atoms with Crippen LogP contribution in [0.15, 0.2) is 29.1 Å². The first-order valence-electron chi connectivity index (χ1n) is 7.78. The molecule has 2 aromatic rings. The number of rotatable bonds is 7. The average Bonchev–Trinajstić information content (AvgIpc) is 2.86. The standard InChI is InChI=1S/C17H23N3O2S/c1-4-5-10-20(3)11-15-16(19-17(22)23-15)13-6-8-14(9-7-13)18-12(2)21/h6-9H,4-5,10-11H2,1-3H3,(H,18,21)(H,19,22). The SMILES string of the molecule is CCCCN(C)Cc1sc(=O)[nH]c1-c1ccc(NC(C)=O)cc1. The van der Waals surface area contributed by atoms with Gasteiger partial charge in [0.15, 0.2) is 0 Å². The third-order valence-corrected chi connectivity index (χ3v) is 4.39. The summed E-state index contributed by atoms with van der Waals surface area (Å²) in [6.07, 6.45) is 2.31. The summed E-state index contributed by atoms with van der Waals surface area (Å²) in [4.78, 5) is 29.0. The van der Waals surface area contributed by atoms with Gasteiger partial charge in [0.2, 0.25) is 5.91 Å². The third-order valence-electron chi connectivity index (χ3n) is 3.52. The molecule has 0 aliphatic rings. The Balaban J connectivity index is 2.19. The van der Waals surface area contributed by atoms with Crippen molar-refractivity contribution in [3.05, 3.63) is 38.8 Å². The summed E-state index contributed by atoms with van der Waals surface area (Å²) >= 11 is 1.26. The van der Waals surface area contributed by atoms with Gasteiger partial charge in [-0.05, 0) is 37.7 Å². The number of unbranched alkanes of at least 4 members (excludes halogenated alkanes) is 1. The van der Waals surface area contributed by atoms with Crippen LogP contribution in [-0.4, -0.2) is 29.4 Å². The van der Waals surface area contributed by atoms with Crippen molar-refractivity contribution in [3.63, 3.8) is 0 Å². The summed E-state index contributed by atoms with van der Waals surface area (Å²) in [5, 5.41) is 2.74. The van der Waals surface area contributed by atoms with Crippen LogP contribution in [0.4, 0.5) is 5.69 Å². The predicted molar refractivity (Wildman–Crippen MR) is 95.9 cm³/mol. The average molecular weight is 333 g/mol. The molecule has 23 heavy (non-hydrogen) atoms. The molecule has 0 unspecified atom stereocenters. The first-order valence-corrected chi connectivity index (χ1v) is 8.59. The van der Waals surface area contributed by atoms with Crippen molar-refractivity contribution in [2.24, 2.45) is 0 Å². The molecule has 0 atom stereocenters. The molecule has 2 rings (SSSR count). The van der Waals surface area contributed by atoms with E-state index >= 15 is 0 Å². The van der Waals surface area contributed by atoms with E-state index in [2.05, 4.69) is 29.2 Å². The second kappa shape index (κ2) is 8.08. The molecule has 0 saturated carbocycles. The van der Waals surface area contributed by atoms with E-state index in [1.165, 1.54) is 18.3 Å². The van der Waals surface area contributed by atoms with Gasteiger partial charge in [-0.1, -0.05) is 36.8 Å². The number of nitrogens with zero attached hydrogens (tertiary/aromatic N) is 1. The van der Waals surface area contributed by atoms with Crippen LogP contribution in [0.2, 0.25) is 0 Å². The molecule has 0 bridgehead atoms. The van der Waals surface area contributed by atoms with Gasteiger partial charge in [-0.3, -0.25) is 9.59 Å². The van der Waals surface area contributed by atoms with Crippen molar-refractivity contribution in [2.45, 2.75) is 33.2 Å². The Morgan fingerprint density at radius 2 is 2.00 bits per heavy atom. The Hall–Kier alpha value is -1.92. The van der Waals surface area contributed by atoms with Crippen LogP contribution in [0, 0.1) is 0 Å². The summed E-state index contributed by atoms with van der Waals surface area (Å²) in [6, 6.07) is 7.52. The lowest BCUT2D eigenvalue weighted by Crippen LogP contribution is -2.18. The molecule has 1 heterocycles. The number of nitrogens with one attached hydrogen (secondary N) is 2. The number of H-pyrrole nitrogens is 1. The number of benzene rings is 1. The van der Waals surface area contributed by atoms with Gasteiger partial charge in [0.1, 0.15) is 0 Å². The first kappa shape index (κ1) is 17.4. The fraction of sp³-hybridized carbons (Fsp3) is 0.412. The van der Waals surface area contributed by atoms with E-state index in [-0.39, 0.29) is 10.8 Å². The summed E-state index contributed by atoms with van der Waals surface area (Å²) in [5.41, 5.74) is 2.58. The quantitative estimate of drug-likeness (QED) is 0.817. The van der Waals surface area contributed by atoms with Gasteiger partial charge in [0, 0.05) is 24.0 Å². The number of amides is 1. The summed E-state index contributed by atoms with van der Waals surface area (Å²) < 4.78 is 0. The number of thiazole rings is 1. The van der Waals surface area contributed by atoms with Crippen molar-refractivity contribution >= 4 is 22.9 Å². The molecule has 1 aromatic carbocycles. The van der Waals surface area contributed by atoms with Crippen molar-refractivity contribution < 1.29 is 4.79 Å². The van der Waals surface area contributed by atoms with E-state index in [9.17, 15) is 9.59 Å². The normalized spacial score (nSPS) is 11.0. The molecule has 1 aromatic heterocycles. The van der Waals surface area contributed by atoms with Crippen molar-refractivity contribution in [1.82, 2.24) is 9.88 Å². The number of aromatic nitrogens is 1. The van der Waals surface area contributed by atoms with Crippen molar-refractivity contribution in [3.8, 4) is 11.3 Å². The minimum absolute atomic E-state index is 0.0372. The van der Waals surface area contributed by atoms with Crippen LogP contribution in [0.3, 0.4) is 0 Å². The smallest absolute Gasteiger partial charge is 0.305 e. The minimum Gasteiger partial charge on any atom is -0.326 e. The van der Waals surface area contributed by atoms with Gasteiger partial charge in [0.25, 0.3) is 0 Å². The van der Waals surface area contributed by atoms with Crippen LogP contribution in [0.1, 0.15) is 31.6 Å².